The van der Waals surface area contributed by atoms with Crippen molar-refractivity contribution in [2.45, 2.75) is 18.7 Å². The largest absolute Gasteiger partial charge is 0.456 e. The third-order valence-electron chi connectivity index (χ3n) is 4.55. The Hall–Kier alpha value is -3.12. The lowest BCUT2D eigenvalue weighted by molar-refractivity contribution is -0.384. The van der Waals surface area contributed by atoms with Gasteiger partial charge in [0.05, 0.1) is 15.4 Å². The summed E-state index contributed by atoms with van der Waals surface area (Å²) >= 11 is 1.40. The van der Waals surface area contributed by atoms with Crippen molar-refractivity contribution in [2.24, 2.45) is 0 Å². The van der Waals surface area contributed by atoms with Crippen molar-refractivity contribution in [3.8, 4) is 11.3 Å². The molecule has 27 heavy (non-hydrogen) atoms. The maximum absolute atomic E-state index is 12.5. The lowest BCUT2D eigenvalue weighted by Gasteiger charge is -2.04. The van der Waals surface area contributed by atoms with E-state index in [-0.39, 0.29) is 11.5 Å². The molecule has 134 valence electrons. The van der Waals surface area contributed by atoms with Crippen molar-refractivity contribution in [3.05, 3.63) is 86.0 Å². The van der Waals surface area contributed by atoms with E-state index in [1.165, 1.54) is 11.8 Å². The average Bonchev–Trinajstić information content (AvgIpc) is 3.23. The number of carbonyl (C=O) groups excluding carboxylic acids is 1. The van der Waals surface area contributed by atoms with Gasteiger partial charge in [-0.3, -0.25) is 14.9 Å². The van der Waals surface area contributed by atoms with Gasteiger partial charge in [-0.15, -0.1) is 0 Å². The minimum absolute atomic E-state index is 0.00498. The number of nitrogens with zero attached hydrogens (tertiary/aromatic N) is 1. The second-order valence-corrected chi connectivity index (χ2v) is 7.43. The summed E-state index contributed by atoms with van der Waals surface area (Å²) in [6.07, 6.45) is 1.68. The summed E-state index contributed by atoms with van der Waals surface area (Å²) in [5.74, 6) is 0.858. The van der Waals surface area contributed by atoms with Gasteiger partial charge < -0.3 is 4.42 Å². The zero-order valence-corrected chi connectivity index (χ0v) is 15.5. The van der Waals surface area contributed by atoms with Gasteiger partial charge in [0.25, 0.3) is 5.69 Å². The number of nitro benzene ring substituents is 1. The molecule has 0 aliphatic carbocycles. The highest BCUT2D eigenvalue weighted by Crippen LogP contribution is 2.41. The maximum Gasteiger partial charge on any atom is 0.280 e. The first-order valence-corrected chi connectivity index (χ1v) is 9.15. The Kier molecular flexibility index (Phi) is 4.20. The maximum atomic E-state index is 12.5. The Balaban J connectivity index is 1.71. The lowest BCUT2D eigenvalue weighted by atomic mass is 10.0. The van der Waals surface area contributed by atoms with Crippen LogP contribution in [0, 0.1) is 24.0 Å². The van der Waals surface area contributed by atoms with E-state index in [1.807, 2.05) is 32.0 Å². The molecular formula is C21H15NO4S. The SMILES string of the molecule is Cc1cc(-c2ccc(/C=C3\Sc4ccccc4C3=O)o2)c([N+](=O)[O-])cc1C. The fourth-order valence-electron chi connectivity index (χ4n) is 2.99. The van der Waals surface area contributed by atoms with Gasteiger partial charge in [-0.25, -0.2) is 0 Å². The molecule has 1 aliphatic heterocycles. The summed E-state index contributed by atoms with van der Waals surface area (Å²) in [5, 5.41) is 11.4. The lowest BCUT2D eigenvalue weighted by Crippen LogP contribution is -1.94. The Morgan fingerprint density at radius 2 is 1.78 bits per heavy atom. The normalized spacial score (nSPS) is 14.6. The monoisotopic (exact) mass is 377 g/mol. The van der Waals surface area contributed by atoms with Crippen LogP contribution in [0.1, 0.15) is 27.2 Å². The van der Waals surface area contributed by atoms with Crippen LogP contribution in [0.15, 0.2) is 62.7 Å². The van der Waals surface area contributed by atoms with E-state index in [4.69, 9.17) is 4.42 Å². The molecule has 0 amide bonds. The van der Waals surface area contributed by atoms with Crippen LogP contribution in [-0.4, -0.2) is 10.7 Å². The number of furan rings is 1. The molecule has 0 unspecified atom stereocenters. The molecule has 0 fully saturated rings. The first kappa shape index (κ1) is 17.3. The molecule has 2 heterocycles. The first-order valence-electron chi connectivity index (χ1n) is 8.33. The van der Waals surface area contributed by atoms with E-state index >= 15 is 0 Å². The molecular weight excluding hydrogens is 362 g/mol. The van der Waals surface area contributed by atoms with Crippen LogP contribution in [0.3, 0.4) is 0 Å². The quantitative estimate of drug-likeness (QED) is 0.327. The second-order valence-electron chi connectivity index (χ2n) is 6.35. The standard InChI is InChI=1S/C21H15NO4S/c1-12-9-16(17(22(24)25)10-13(12)2)18-8-7-14(26-18)11-20-21(23)15-5-3-4-6-19(15)27-20/h3-11H,1-2H3/b20-11-. The highest BCUT2D eigenvalue weighted by molar-refractivity contribution is 8.04. The fourth-order valence-corrected chi connectivity index (χ4v) is 4.02. The van der Waals surface area contributed by atoms with Crippen LogP contribution in [0.5, 0.6) is 0 Å². The zero-order valence-electron chi connectivity index (χ0n) is 14.7. The number of rotatable bonds is 3. The van der Waals surface area contributed by atoms with Gasteiger partial charge >= 0.3 is 0 Å². The molecule has 0 N–H and O–H groups in total. The number of nitro groups is 1. The molecule has 0 radical (unpaired) electrons. The molecule has 2 aromatic carbocycles. The molecule has 5 nitrogen and oxygen atoms in total. The van der Waals surface area contributed by atoms with Crippen LogP contribution in [-0.2, 0) is 0 Å². The Morgan fingerprint density at radius 1 is 1.04 bits per heavy atom. The van der Waals surface area contributed by atoms with E-state index < -0.39 is 4.92 Å². The van der Waals surface area contributed by atoms with Crippen LogP contribution in [0.25, 0.3) is 17.4 Å². The summed E-state index contributed by atoms with van der Waals surface area (Å²) in [4.78, 5) is 25.0. The summed E-state index contributed by atoms with van der Waals surface area (Å²) in [6.45, 7) is 3.74. The zero-order chi connectivity index (χ0) is 19.1. The van der Waals surface area contributed by atoms with Gasteiger partial charge in [0.1, 0.15) is 11.5 Å². The first-order chi connectivity index (χ1) is 12.9. The molecule has 0 saturated heterocycles. The molecule has 4 rings (SSSR count). The molecule has 1 aromatic heterocycles. The Morgan fingerprint density at radius 3 is 2.52 bits per heavy atom. The third kappa shape index (κ3) is 3.08. The molecule has 0 bridgehead atoms. The number of hydrogen-bond acceptors (Lipinski definition) is 5. The van der Waals surface area contributed by atoms with Crippen molar-refractivity contribution in [1.82, 2.24) is 0 Å². The number of aryl methyl sites for hydroxylation is 2. The van der Waals surface area contributed by atoms with Crippen LogP contribution >= 0.6 is 11.8 Å². The number of hydrogen-bond donors (Lipinski definition) is 0. The number of allylic oxidation sites excluding steroid dienone is 1. The van der Waals surface area contributed by atoms with Crippen LogP contribution in [0.4, 0.5) is 5.69 Å². The summed E-state index contributed by atoms with van der Waals surface area (Å²) in [6, 6.07) is 14.2. The van der Waals surface area contributed by atoms with Gasteiger partial charge in [0.2, 0.25) is 5.78 Å². The predicted molar refractivity (Wildman–Crippen MR) is 105 cm³/mol. The molecule has 1 aliphatic rings. The summed E-state index contributed by atoms with van der Waals surface area (Å²) < 4.78 is 5.82. The second kappa shape index (κ2) is 6.55. The number of fused-ring (bicyclic) bond motifs is 1. The van der Waals surface area contributed by atoms with Crippen molar-refractivity contribution in [3.63, 3.8) is 0 Å². The van der Waals surface area contributed by atoms with Gasteiger partial charge in [-0.1, -0.05) is 23.9 Å². The van der Waals surface area contributed by atoms with E-state index in [1.54, 1.807) is 36.4 Å². The predicted octanol–water partition coefficient (Wildman–Crippen LogP) is 5.80. The van der Waals surface area contributed by atoms with Crippen LogP contribution < -0.4 is 0 Å². The van der Waals surface area contributed by atoms with Crippen LogP contribution in [0.2, 0.25) is 0 Å². The highest BCUT2D eigenvalue weighted by Gasteiger charge is 2.26. The molecule has 0 saturated carbocycles. The Bertz CT molecular complexity index is 1130. The van der Waals surface area contributed by atoms with E-state index in [2.05, 4.69) is 0 Å². The highest BCUT2D eigenvalue weighted by atomic mass is 32.2. The van der Waals surface area contributed by atoms with Crippen molar-refractivity contribution in [1.29, 1.82) is 0 Å². The number of Topliss-reactive ketones (excluding diaryl/α,β-unsaturated/α-hetero) is 1. The Labute approximate surface area is 159 Å². The van der Waals surface area contributed by atoms with Gasteiger partial charge in [0.15, 0.2) is 0 Å². The molecule has 0 atom stereocenters. The third-order valence-corrected chi connectivity index (χ3v) is 5.65. The molecule has 0 spiro atoms. The number of ketones is 1. The average molecular weight is 377 g/mol. The molecule has 3 aromatic rings. The van der Waals surface area contributed by atoms with Gasteiger partial charge in [0, 0.05) is 16.5 Å². The van der Waals surface area contributed by atoms with Gasteiger partial charge in [-0.2, -0.15) is 0 Å². The van der Waals surface area contributed by atoms with E-state index in [0.717, 1.165) is 16.0 Å². The fraction of sp³-hybridized carbons (Fsp3) is 0.0952. The van der Waals surface area contributed by atoms with E-state index in [9.17, 15) is 14.9 Å². The molecule has 6 heteroatoms. The smallest absolute Gasteiger partial charge is 0.280 e. The topological polar surface area (TPSA) is 73.3 Å². The van der Waals surface area contributed by atoms with Crippen molar-refractivity contribution in [2.75, 3.05) is 0 Å². The van der Waals surface area contributed by atoms with Crippen molar-refractivity contribution >= 4 is 29.3 Å². The summed E-state index contributed by atoms with van der Waals surface area (Å²) in [5.41, 5.74) is 2.92. The summed E-state index contributed by atoms with van der Waals surface area (Å²) in [7, 11) is 0. The van der Waals surface area contributed by atoms with E-state index in [0.29, 0.717) is 27.6 Å². The van der Waals surface area contributed by atoms with Crippen molar-refractivity contribution < 1.29 is 14.1 Å². The number of benzene rings is 2. The van der Waals surface area contributed by atoms with Gasteiger partial charge in [-0.05, 0) is 61.4 Å². The minimum atomic E-state index is -0.407. The minimum Gasteiger partial charge on any atom is -0.456 e. The number of carbonyl (C=O) groups is 1. The number of thioether (sulfide) groups is 1.